The van der Waals surface area contributed by atoms with Crippen LogP contribution in [0.15, 0.2) is 24.5 Å². The van der Waals surface area contributed by atoms with Gasteiger partial charge in [-0.3, -0.25) is 4.98 Å². The molecule has 1 aromatic rings. The number of pyridine rings is 1. The Labute approximate surface area is 114 Å². The van der Waals surface area contributed by atoms with E-state index in [1.807, 2.05) is 12.1 Å². The predicted molar refractivity (Wildman–Crippen MR) is 74.9 cm³/mol. The second-order valence-corrected chi connectivity index (χ2v) is 6.99. The van der Waals surface area contributed by atoms with Crippen LogP contribution in [0.5, 0.6) is 0 Å². The van der Waals surface area contributed by atoms with Crippen LogP contribution in [0.2, 0.25) is 0 Å². The lowest BCUT2D eigenvalue weighted by molar-refractivity contribution is 0.329. The van der Waals surface area contributed by atoms with E-state index in [1.165, 1.54) is 4.31 Å². The minimum atomic E-state index is -3.27. The van der Waals surface area contributed by atoms with Gasteiger partial charge in [-0.25, -0.2) is 8.42 Å². The van der Waals surface area contributed by atoms with Gasteiger partial charge in [-0.1, -0.05) is 12.8 Å². The Bertz CT molecular complexity index is 490. The lowest BCUT2D eigenvalue weighted by Crippen LogP contribution is -2.46. The number of hydrogen-bond donors (Lipinski definition) is 1. The summed E-state index contributed by atoms with van der Waals surface area (Å²) in [5, 5.41) is 0. The zero-order valence-corrected chi connectivity index (χ0v) is 11.8. The summed E-state index contributed by atoms with van der Waals surface area (Å²) in [5.41, 5.74) is 6.96. The highest BCUT2D eigenvalue weighted by Crippen LogP contribution is 2.18. The molecule has 0 radical (unpaired) electrons. The molecule has 5 nitrogen and oxygen atoms in total. The first-order valence-corrected chi connectivity index (χ1v) is 8.34. The van der Waals surface area contributed by atoms with Gasteiger partial charge in [0.2, 0.25) is 10.0 Å². The summed E-state index contributed by atoms with van der Waals surface area (Å²) in [6.07, 6.45) is 7.25. The average molecular weight is 283 g/mol. The van der Waals surface area contributed by atoms with Crippen molar-refractivity contribution in [1.29, 1.82) is 0 Å². The van der Waals surface area contributed by atoms with E-state index in [-0.39, 0.29) is 11.9 Å². The quantitative estimate of drug-likeness (QED) is 0.898. The van der Waals surface area contributed by atoms with Gasteiger partial charge in [0.15, 0.2) is 0 Å². The van der Waals surface area contributed by atoms with Crippen LogP contribution in [0.1, 0.15) is 31.2 Å². The van der Waals surface area contributed by atoms with E-state index in [1.54, 1.807) is 12.4 Å². The van der Waals surface area contributed by atoms with Gasteiger partial charge >= 0.3 is 0 Å². The van der Waals surface area contributed by atoms with E-state index < -0.39 is 10.0 Å². The molecule has 0 bridgehead atoms. The maximum absolute atomic E-state index is 12.4. The molecule has 0 saturated carbocycles. The lowest BCUT2D eigenvalue weighted by Gasteiger charge is -2.25. The van der Waals surface area contributed by atoms with Gasteiger partial charge in [0.1, 0.15) is 0 Å². The van der Waals surface area contributed by atoms with Crippen LogP contribution in [0, 0.1) is 0 Å². The van der Waals surface area contributed by atoms with Gasteiger partial charge in [-0.2, -0.15) is 4.31 Å². The molecule has 1 aliphatic rings. The molecule has 2 N–H and O–H groups in total. The Kier molecular flexibility index (Phi) is 4.90. The van der Waals surface area contributed by atoms with Gasteiger partial charge < -0.3 is 5.73 Å². The lowest BCUT2D eigenvalue weighted by atomic mass is 10.2. The third-order valence-electron chi connectivity index (χ3n) is 3.50. The molecule has 1 saturated heterocycles. The number of nitrogens with two attached hydrogens (primary N) is 1. The highest BCUT2D eigenvalue weighted by Gasteiger charge is 2.28. The number of nitrogens with zero attached hydrogens (tertiary/aromatic N) is 2. The Morgan fingerprint density at radius 2 is 2.00 bits per heavy atom. The largest absolute Gasteiger partial charge is 0.315 e. The maximum atomic E-state index is 12.4. The smallest absolute Gasteiger partial charge is 0.215 e. The molecule has 19 heavy (non-hydrogen) atoms. The average Bonchev–Trinajstić information content (AvgIpc) is 2.63. The van der Waals surface area contributed by atoms with Gasteiger partial charge in [0.25, 0.3) is 0 Å². The topological polar surface area (TPSA) is 76.3 Å². The van der Waals surface area contributed by atoms with Gasteiger partial charge in [-0.15, -0.1) is 0 Å². The highest BCUT2D eigenvalue weighted by atomic mass is 32.2. The van der Waals surface area contributed by atoms with Crippen LogP contribution in [-0.4, -0.2) is 36.2 Å². The molecule has 0 aliphatic carbocycles. The Hall–Kier alpha value is -0.980. The van der Waals surface area contributed by atoms with E-state index in [9.17, 15) is 8.42 Å². The fourth-order valence-corrected chi connectivity index (χ4v) is 4.02. The van der Waals surface area contributed by atoms with Crippen molar-refractivity contribution in [3.05, 3.63) is 30.1 Å². The monoisotopic (exact) mass is 283 g/mol. The van der Waals surface area contributed by atoms with Gasteiger partial charge in [0.05, 0.1) is 11.9 Å². The molecule has 1 atom stereocenters. The van der Waals surface area contributed by atoms with Crippen molar-refractivity contribution < 1.29 is 8.42 Å². The van der Waals surface area contributed by atoms with Crippen molar-refractivity contribution >= 4 is 10.0 Å². The van der Waals surface area contributed by atoms with Gasteiger partial charge in [0, 0.05) is 18.9 Å². The molecule has 0 spiro atoms. The van der Waals surface area contributed by atoms with Crippen molar-refractivity contribution in [3.63, 3.8) is 0 Å². The van der Waals surface area contributed by atoms with Crippen LogP contribution < -0.4 is 5.73 Å². The molecule has 1 unspecified atom stereocenters. The molecule has 0 aromatic carbocycles. The van der Waals surface area contributed by atoms with E-state index >= 15 is 0 Å². The summed E-state index contributed by atoms with van der Waals surface area (Å²) in [7, 11) is -3.27. The molecule has 1 aliphatic heterocycles. The first kappa shape index (κ1) is 14.4. The summed E-state index contributed by atoms with van der Waals surface area (Å²) in [6.45, 7) is 0.555. The van der Waals surface area contributed by atoms with Crippen LogP contribution >= 0.6 is 0 Å². The standard InChI is InChI=1S/C13H21N3O2S/c14-13-4-2-1-3-10-16(13)19(17,18)11-7-12-5-8-15-9-6-12/h5-6,8-9,13H,1-4,7,10-11,14H2. The summed E-state index contributed by atoms with van der Waals surface area (Å²) in [4.78, 5) is 3.92. The number of aromatic nitrogens is 1. The second-order valence-electron chi connectivity index (χ2n) is 4.95. The summed E-state index contributed by atoms with van der Waals surface area (Å²) in [5.74, 6) is 0.116. The summed E-state index contributed by atoms with van der Waals surface area (Å²) in [6, 6.07) is 3.69. The molecule has 1 aromatic heterocycles. The molecule has 1 fully saturated rings. The van der Waals surface area contributed by atoms with E-state index in [0.29, 0.717) is 13.0 Å². The van der Waals surface area contributed by atoms with Crippen molar-refractivity contribution in [2.24, 2.45) is 5.73 Å². The number of rotatable bonds is 4. The number of hydrogen-bond acceptors (Lipinski definition) is 4. The van der Waals surface area contributed by atoms with Crippen molar-refractivity contribution in [3.8, 4) is 0 Å². The molecule has 2 heterocycles. The maximum Gasteiger partial charge on any atom is 0.215 e. The third-order valence-corrected chi connectivity index (χ3v) is 5.39. The predicted octanol–water partition coefficient (Wildman–Crippen LogP) is 1.11. The van der Waals surface area contributed by atoms with Crippen LogP contribution in [-0.2, 0) is 16.4 Å². The molecular weight excluding hydrogens is 262 g/mol. The van der Waals surface area contributed by atoms with Crippen LogP contribution in [0.25, 0.3) is 0 Å². The van der Waals surface area contributed by atoms with Crippen LogP contribution in [0.4, 0.5) is 0 Å². The normalized spacial score (nSPS) is 22.1. The summed E-state index contributed by atoms with van der Waals surface area (Å²) >= 11 is 0. The fraction of sp³-hybridized carbons (Fsp3) is 0.615. The molecule has 106 valence electrons. The first-order valence-electron chi connectivity index (χ1n) is 6.73. The number of aryl methyl sites for hydroxylation is 1. The molecule has 2 rings (SSSR count). The minimum absolute atomic E-state index is 0.116. The van der Waals surface area contributed by atoms with Crippen molar-refractivity contribution in [2.75, 3.05) is 12.3 Å². The molecule has 0 amide bonds. The van der Waals surface area contributed by atoms with Crippen molar-refractivity contribution in [2.45, 2.75) is 38.3 Å². The second kappa shape index (κ2) is 6.45. The van der Waals surface area contributed by atoms with E-state index in [4.69, 9.17) is 5.73 Å². The Balaban J connectivity index is 2.01. The Morgan fingerprint density at radius 1 is 1.26 bits per heavy atom. The van der Waals surface area contributed by atoms with Crippen molar-refractivity contribution in [1.82, 2.24) is 9.29 Å². The fourth-order valence-electron chi connectivity index (χ4n) is 2.37. The molecular formula is C13H21N3O2S. The SMILES string of the molecule is NC1CCCCCN1S(=O)(=O)CCc1ccncc1. The summed E-state index contributed by atoms with van der Waals surface area (Å²) < 4.78 is 26.2. The zero-order valence-electron chi connectivity index (χ0n) is 11.0. The van der Waals surface area contributed by atoms with E-state index in [2.05, 4.69) is 4.98 Å². The number of sulfonamides is 1. The van der Waals surface area contributed by atoms with E-state index in [0.717, 1.165) is 31.2 Å². The Morgan fingerprint density at radius 3 is 2.74 bits per heavy atom. The molecule has 6 heteroatoms. The highest BCUT2D eigenvalue weighted by molar-refractivity contribution is 7.89. The van der Waals surface area contributed by atoms with Gasteiger partial charge in [-0.05, 0) is 37.0 Å². The third kappa shape index (κ3) is 3.99. The zero-order chi connectivity index (χ0) is 13.7. The minimum Gasteiger partial charge on any atom is -0.315 e. The first-order chi connectivity index (χ1) is 9.09. The van der Waals surface area contributed by atoms with Crippen LogP contribution in [0.3, 0.4) is 0 Å².